The lowest BCUT2D eigenvalue weighted by Gasteiger charge is -2.21. The fourth-order valence-corrected chi connectivity index (χ4v) is 2.24. The van der Waals surface area contributed by atoms with Crippen LogP contribution in [0, 0.1) is 0 Å². The molecule has 1 atom stereocenters. The number of fused-ring (bicyclic) bond motifs is 1. The van der Waals surface area contributed by atoms with E-state index in [-0.39, 0.29) is 17.8 Å². The molecule has 1 heterocycles. The minimum absolute atomic E-state index is 0.125. The van der Waals surface area contributed by atoms with Gasteiger partial charge in [-0.15, -0.1) is 0 Å². The van der Waals surface area contributed by atoms with Gasteiger partial charge in [-0.1, -0.05) is 11.6 Å². The maximum Gasteiger partial charge on any atom is 0.328 e. The fraction of sp³-hybridized carbons (Fsp3) is 0.231. The molecule has 0 saturated heterocycles. The van der Waals surface area contributed by atoms with Gasteiger partial charge in [-0.05, 0) is 18.2 Å². The maximum atomic E-state index is 11.9. The third kappa shape index (κ3) is 2.87. The summed E-state index contributed by atoms with van der Waals surface area (Å²) in [6.07, 6.45) is 0. The second-order valence-corrected chi connectivity index (χ2v) is 4.93. The number of carboxylic acid groups (broad SMARTS) is 1. The zero-order valence-electron chi connectivity index (χ0n) is 10.9. The number of Topliss-reactive ketones (excluding diaryl/α,β-unsaturated/α-hetero) is 1. The summed E-state index contributed by atoms with van der Waals surface area (Å²) in [5.74, 6) is -3.44. The number of carboxylic acids is 1. The number of benzene rings is 1. The summed E-state index contributed by atoms with van der Waals surface area (Å²) in [7, 11) is 0. The number of ketones is 1. The molecular weight excluding hydrogens is 300 g/mol. The molecule has 110 valence electrons. The van der Waals surface area contributed by atoms with Crippen LogP contribution in [0.15, 0.2) is 18.2 Å². The van der Waals surface area contributed by atoms with Gasteiger partial charge >= 0.3 is 5.97 Å². The van der Waals surface area contributed by atoms with Crippen molar-refractivity contribution in [2.24, 2.45) is 0 Å². The Hall–Kier alpha value is -2.41. The molecule has 0 bridgehead atoms. The molecule has 1 aliphatic rings. The average molecular weight is 311 g/mol. The predicted molar refractivity (Wildman–Crippen MR) is 73.4 cm³/mol. The van der Waals surface area contributed by atoms with Gasteiger partial charge in [0.05, 0.1) is 17.8 Å². The molecule has 8 heteroatoms. The van der Waals surface area contributed by atoms with E-state index >= 15 is 0 Å². The first-order valence-corrected chi connectivity index (χ1v) is 6.34. The summed E-state index contributed by atoms with van der Waals surface area (Å²) in [6, 6.07) is 3.01. The molecule has 0 fully saturated rings. The van der Waals surface area contributed by atoms with E-state index in [1.807, 2.05) is 0 Å². The highest BCUT2D eigenvalue weighted by atomic mass is 35.5. The Morgan fingerprint density at radius 1 is 1.38 bits per heavy atom. The van der Waals surface area contributed by atoms with Crippen LogP contribution in [-0.4, -0.2) is 41.3 Å². The highest BCUT2D eigenvalue weighted by Crippen LogP contribution is 2.31. The van der Waals surface area contributed by atoms with E-state index in [0.717, 1.165) is 4.90 Å². The Morgan fingerprint density at radius 2 is 2.05 bits per heavy atom. The van der Waals surface area contributed by atoms with Gasteiger partial charge in [-0.2, -0.15) is 0 Å². The third-order valence-electron chi connectivity index (χ3n) is 2.97. The smallest absolute Gasteiger partial charge is 0.328 e. The van der Waals surface area contributed by atoms with Crippen LogP contribution in [0.3, 0.4) is 0 Å². The molecular formula is C13H11ClN2O5. The number of hydrogen-bond donors (Lipinski definition) is 2. The van der Waals surface area contributed by atoms with E-state index in [9.17, 15) is 19.2 Å². The number of nitrogens with zero attached hydrogens (tertiary/aromatic N) is 1. The molecule has 0 spiro atoms. The van der Waals surface area contributed by atoms with Crippen molar-refractivity contribution in [1.82, 2.24) is 5.32 Å². The van der Waals surface area contributed by atoms with Crippen molar-refractivity contribution in [3.63, 3.8) is 0 Å². The molecule has 0 aromatic heterocycles. The fourth-order valence-electron chi connectivity index (χ4n) is 2.07. The molecule has 1 unspecified atom stereocenters. The molecule has 1 aromatic rings. The van der Waals surface area contributed by atoms with E-state index in [4.69, 9.17) is 16.7 Å². The van der Waals surface area contributed by atoms with Crippen molar-refractivity contribution < 1.29 is 24.3 Å². The Morgan fingerprint density at radius 3 is 2.62 bits per heavy atom. The summed E-state index contributed by atoms with van der Waals surface area (Å²) in [5.41, 5.74) is 0.408. The van der Waals surface area contributed by atoms with Crippen LogP contribution in [-0.2, 0) is 14.4 Å². The number of nitrogens with one attached hydrogen (secondary N) is 1. The predicted octanol–water partition coefficient (Wildman–Crippen LogP) is 0.459. The average Bonchev–Trinajstić information content (AvgIpc) is 2.62. The normalized spacial score (nSPS) is 14.9. The van der Waals surface area contributed by atoms with Gasteiger partial charge in [-0.25, -0.2) is 4.79 Å². The number of rotatable bonds is 4. The highest BCUT2D eigenvalue weighted by Gasteiger charge is 2.38. The summed E-state index contributed by atoms with van der Waals surface area (Å²) >= 11 is 5.78. The summed E-state index contributed by atoms with van der Waals surface area (Å²) < 4.78 is 0. The second kappa shape index (κ2) is 5.53. The van der Waals surface area contributed by atoms with Crippen LogP contribution in [0.5, 0.6) is 0 Å². The van der Waals surface area contributed by atoms with Crippen molar-refractivity contribution in [3.05, 3.63) is 28.8 Å². The third-order valence-corrected chi connectivity index (χ3v) is 3.21. The minimum atomic E-state index is -1.30. The van der Waals surface area contributed by atoms with Gasteiger partial charge in [0.25, 0.3) is 11.7 Å². The molecule has 0 saturated carbocycles. The first kappa shape index (κ1) is 15.0. The van der Waals surface area contributed by atoms with Gasteiger partial charge in [0.2, 0.25) is 5.91 Å². The van der Waals surface area contributed by atoms with Gasteiger partial charge in [-0.3, -0.25) is 14.4 Å². The maximum absolute atomic E-state index is 11.9. The zero-order valence-corrected chi connectivity index (χ0v) is 11.7. The number of anilines is 1. The number of carbonyl (C=O) groups is 4. The van der Waals surface area contributed by atoms with Crippen molar-refractivity contribution in [3.8, 4) is 0 Å². The quantitative estimate of drug-likeness (QED) is 0.786. The van der Waals surface area contributed by atoms with Crippen LogP contribution < -0.4 is 10.2 Å². The van der Waals surface area contributed by atoms with Crippen molar-refractivity contribution in [2.75, 3.05) is 11.4 Å². The van der Waals surface area contributed by atoms with Gasteiger partial charge < -0.3 is 15.3 Å². The Bertz CT molecular complexity index is 658. The number of aliphatic carboxylic acids is 1. The van der Waals surface area contributed by atoms with E-state index in [2.05, 4.69) is 5.32 Å². The zero-order chi connectivity index (χ0) is 15.7. The molecule has 0 aliphatic carbocycles. The van der Waals surface area contributed by atoms with Crippen LogP contribution in [0.4, 0.5) is 5.69 Å². The first-order chi connectivity index (χ1) is 9.81. The summed E-state index contributed by atoms with van der Waals surface area (Å²) in [6.45, 7) is 0.828. The molecule has 1 aromatic carbocycles. The van der Waals surface area contributed by atoms with Gasteiger partial charge in [0.15, 0.2) is 0 Å². The second-order valence-electron chi connectivity index (χ2n) is 4.50. The number of hydrogen-bond acceptors (Lipinski definition) is 4. The highest BCUT2D eigenvalue weighted by molar-refractivity contribution is 6.52. The topological polar surface area (TPSA) is 104 Å². The van der Waals surface area contributed by atoms with Crippen LogP contribution in [0.25, 0.3) is 0 Å². The lowest BCUT2D eigenvalue weighted by Crippen LogP contribution is -2.49. The van der Waals surface area contributed by atoms with Crippen molar-refractivity contribution in [2.45, 2.75) is 13.0 Å². The molecule has 2 amide bonds. The minimum Gasteiger partial charge on any atom is -0.480 e. The summed E-state index contributed by atoms with van der Waals surface area (Å²) in [4.78, 5) is 46.9. The number of carbonyl (C=O) groups excluding carboxylic acids is 3. The number of amides is 2. The van der Waals surface area contributed by atoms with E-state index in [1.165, 1.54) is 25.1 Å². The first-order valence-electron chi connectivity index (χ1n) is 5.97. The summed E-state index contributed by atoms with van der Waals surface area (Å²) in [5, 5.41) is 11.6. The molecule has 2 rings (SSSR count). The lowest BCUT2D eigenvalue weighted by molar-refractivity contribution is -0.141. The molecule has 7 nitrogen and oxygen atoms in total. The molecule has 0 radical (unpaired) electrons. The van der Waals surface area contributed by atoms with Crippen LogP contribution in [0.2, 0.25) is 5.02 Å². The van der Waals surface area contributed by atoms with Gasteiger partial charge in [0, 0.05) is 11.9 Å². The van der Waals surface area contributed by atoms with E-state index in [0.29, 0.717) is 5.02 Å². The SMILES string of the molecule is CC(=O)NC(CN1C(=O)C(=O)c2cc(Cl)ccc21)C(=O)O. The van der Waals surface area contributed by atoms with Crippen LogP contribution >= 0.6 is 11.6 Å². The largest absolute Gasteiger partial charge is 0.480 e. The molecule has 21 heavy (non-hydrogen) atoms. The van der Waals surface area contributed by atoms with Gasteiger partial charge in [0.1, 0.15) is 6.04 Å². The van der Waals surface area contributed by atoms with Crippen molar-refractivity contribution >= 4 is 40.9 Å². The Balaban J connectivity index is 2.32. The van der Waals surface area contributed by atoms with Crippen LogP contribution in [0.1, 0.15) is 17.3 Å². The van der Waals surface area contributed by atoms with E-state index < -0.39 is 29.6 Å². The Kier molecular flexibility index (Phi) is 3.95. The standard InChI is InChI=1S/C13H11ClN2O5/c1-6(17)15-9(13(20)21)5-16-10-3-2-7(14)4-8(10)11(18)12(16)19/h2-4,9H,5H2,1H3,(H,15,17)(H,20,21). The monoisotopic (exact) mass is 310 g/mol. The number of halogens is 1. The Labute approximate surface area is 124 Å². The lowest BCUT2D eigenvalue weighted by atomic mass is 10.1. The van der Waals surface area contributed by atoms with E-state index in [1.54, 1.807) is 0 Å². The molecule has 2 N–H and O–H groups in total. The molecule has 1 aliphatic heterocycles. The van der Waals surface area contributed by atoms with Crippen molar-refractivity contribution in [1.29, 1.82) is 0 Å².